The molecule has 1 fully saturated rings. The lowest BCUT2D eigenvalue weighted by molar-refractivity contribution is -0.126. The van der Waals surface area contributed by atoms with Crippen LogP contribution in [-0.4, -0.2) is 11.6 Å². The molecule has 0 bridgehead atoms. The van der Waals surface area contributed by atoms with Crippen molar-refractivity contribution in [2.45, 2.75) is 58.3 Å². The van der Waals surface area contributed by atoms with Gasteiger partial charge in [0.15, 0.2) is 5.78 Å². The van der Waals surface area contributed by atoms with Gasteiger partial charge >= 0.3 is 0 Å². The number of Topliss-reactive ketones (excluding diaryl/α,β-unsaturated/α-hetero) is 2. The Morgan fingerprint density at radius 3 is 2.81 bits per heavy atom. The predicted octanol–water partition coefficient (Wildman–Crippen LogP) is 2.79. The van der Waals surface area contributed by atoms with Crippen LogP contribution in [0.2, 0.25) is 0 Å². The Balaban J connectivity index is 2.70. The van der Waals surface area contributed by atoms with Gasteiger partial charge in [-0.25, -0.2) is 0 Å². The lowest BCUT2D eigenvalue weighted by Gasteiger charge is -2.22. The van der Waals surface area contributed by atoms with Gasteiger partial charge in [-0.2, -0.15) is 5.26 Å². The molecule has 1 unspecified atom stereocenters. The van der Waals surface area contributed by atoms with E-state index >= 15 is 0 Å². The maximum atomic E-state index is 11.9. The number of hydrogen-bond donors (Lipinski definition) is 0. The summed E-state index contributed by atoms with van der Waals surface area (Å²) in [4.78, 5) is 23.2. The van der Waals surface area contributed by atoms with E-state index in [0.29, 0.717) is 32.1 Å². The summed E-state index contributed by atoms with van der Waals surface area (Å²) in [6.45, 7) is 1.82. The molecule has 1 atom stereocenters. The van der Waals surface area contributed by atoms with Gasteiger partial charge in [0.2, 0.25) is 0 Å². The molecule has 0 aliphatic heterocycles. The summed E-state index contributed by atoms with van der Waals surface area (Å²) in [7, 11) is 0. The number of nitrogens with zero attached hydrogens (tertiary/aromatic N) is 1. The van der Waals surface area contributed by atoms with Gasteiger partial charge < -0.3 is 0 Å². The van der Waals surface area contributed by atoms with Gasteiger partial charge in [0, 0.05) is 19.3 Å². The highest BCUT2D eigenvalue weighted by Crippen LogP contribution is 2.35. The second-order valence-electron chi connectivity index (χ2n) is 4.57. The first-order chi connectivity index (χ1) is 7.64. The van der Waals surface area contributed by atoms with Gasteiger partial charge in [-0.15, -0.1) is 0 Å². The summed E-state index contributed by atoms with van der Waals surface area (Å²) in [6, 6.07) is 2.18. The number of rotatable bonds is 4. The zero-order chi connectivity index (χ0) is 12.0. The summed E-state index contributed by atoms with van der Waals surface area (Å²) in [6.07, 6.45) is 5.29. The van der Waals surface area contributed by atoms with Crippen molar-refractivity contribution in [3.05, 3.63) is 0 Å². The zero-order valence-electron chi connectivity index (χ0n) is 9.92. The molecule has 0 N–H and O–H groups in total. The Hall–Kier alpha value is -1.17. The molecule has 0 radical (unpaired) electrons. The van der Waals surface area contributed by atoms with Crippen LogP contribution >= 0.6 is 0 Å². The molecule has 0 saturated heterocycles. The first-order valence-electron chi connectivity index (χ1n) is 6.11. The summed E-state index contributed by atoms with van der Waals surface area (Å²) >= 11 is 0. The molecule has 16 heavy (non-hydrogen) atoms. The smallest absolute Gasteiger partial charge is 0.153 e. The monoisotopic (exact) mass is 221 g/mol. The molecule has 3 nitrogen and oxygen atoms in total. The maximum absolute atomic E-state index is 11.9. The molecule has 0 amide bonds. The van der Waals surface area contributed by atoms with Crippen LogP contribution in [0, 0.1) is 16.7 Å². The highest BCUT2D eigenvalue weighted by molar-refractivity contribution is 5.88. The summed E-state index contributed by atoms with van der Waals surface area (Å²) in [5.41, 5.74) is -0.860. The average Bonchev–Trinajstić information content (AvgIpc) is 2.49. The Bertz CT molecular complexity index is 316. The van der Waals surface area contributed by atoms with Crippen LogP contribution in [0.4, 0.5) is 0 Å². The molecular weight excluding hydrogens is 202 g/mol. The van der Waals surface area contributed by atoms with E-state index in [2.05, 4.69) is 6.07 Å². The van der Waals surface area contributed by atoms with Crippen molar-refractivity contribution in [2.24, 2.45) is 5.41 Å². The number of carbonyl (C=O) groups is 2. The Labute approximate surface area is 96.8 Å². The Morgan fingerprint density at radius 2 is 2.19 bits per heavy atom. The quantitative estimate of drug-likeness (QED) is 0.686. The number of nitriles is 1. The normalized spacial score (nSPS) is 25.9. The fraction of sp³-hybridized carbons (Fsp3) is 0.769. The van der Waals surface area contributed by atoms with Gasteiger partial charge in [0.25, 0.3) is 0 Å². The third kappa shape index (κ3) is 2.91. The fourth-order valence-corrected chi connectivity index (χ4v) is 2.24. The van der Waals surface area contributed by atoms with Crippen LogP contribution in [0.15, 0.2) is 0 Å². The second-order valence-corrected chi connectivity index (χ2v) is 4.57. The van der Waals surface area contributed by atoms with Crippen LogP contribution in [0.3, 0.4) is 0 Å². The van der Waals surface area contributed by atoms with Crippen LogP contribution in [0.25, 0.3) is 0 Å². The summed E-state index contributed by atoms with van der Waals surface area (Å²) in [5, 5.41) is 9.24. The SMILES string of the molecule is CCC(=O)CCC1(C#N)CCCCCC1=O. The first-order valence-corrected chi connectivity index (χ1v) is 6.11. The van der Waals surface area contributed by atoms with E-state index in [1.807, 2.05) is 6.92 Å². The standard InChI is InChI=1S/C13H19NO2/c1-2-11(15)7-9-13(10-14)8-5-3-4-6-12(13)16/h2-9H2,1H3. The van der Waals surface area contributed by atoms with E-state index < -0.39 is 5.41 Å². The van der Waals surface area contributed by atoms with Crippen molar-refractivity contribution < 1.29 is 9.59 Å². The molecule has 0 aromatic carbocycles. The van der Waals surface area contributed by atoms with Crippen molar-refractivity contribution in [1.29, 1.82) is 5.26 Å². The third-order valence-corrected chi connectivity index (χ3v) is 3.48. The van der Waals surface area contributed by atoms with Gasteiger partial charge in [-0.05, 0) is 19.3 Å². The lowest BCUT2D eigenvalue weighted by atomic mass is 9.76. The third-order valence-electron chi connectivity index (χ3n) is 3.48. The minimum Gasteiger partial charge on any atom is -0.300 e. The molecule has 0 heterocycles. The van der Waals surface area contributed by atoms with E-state index in [-0.39, 0.29) is 11.6 Å². The van der Waals surface area contributed by atoms with Gasteiger partial charge in [0.1, 0.15) is 11.2 Å². The molecule has 0 aromatic heterocycles. The highest BCUT2D eigenvalue weighted by atomic mass is 16.1. The van der Waals surface area contributed by atoms with Gasteiger partial charge in [-0.3, -0.25) is 9.59 Å². The van der Waals surface area contributed by atoms with E-state index in [1.165, 1.54) is 0 Å². The molecule has 0 aromatic rings. The molecule has 0 spiro atoms. The topological polar surface area (TPSA) is 57.9 Å². The van der Waals surface area contributed by atoms with Gasteiger partial charge in [-0.1, -0.05) is 19.8 Å². The molecule has 1 aliphatic rings. The van der Waals surface area contributed by atoms with Crippen molar-refractivity contribution in [2.75, 3.05) is 0 Å². The molecular formula is C13H19NO2. The van der Waals surface area contributed by atoms with Crippen molar-refractivity contribution >= 4 is 11.6 Å². The lowest BCUT2D eigenvalue weighted by Crippen LogP contribution is -2.29. The van der Waals surface area contributed by atoms with Crippen molar-refractivity contribution in [3.8, 4) is 6.07 Å². The van der Waals surface area contributed by atoms with Crippen LogP contribution in [0.1, 0.15) is 58.3 Å². The minimum absolute atomic E-state index is 0.0522. The van der Waals surface area contributed by atoms with E-state index in [1.54, 1.807) is 0 Å². The van der Waals surface area contributed by atoms with Crippen molar-refractivity contribution in [3.63, 3.8) is 0 Å². The Kier molecular flexibility index (Phi) is 4.67. The van der Waals surface area contributed by atoms with Crippen molar-refractivity contribution in [1.82, 2.24) is 0 Å². The Morgan fingerprint density at radius 1 is 1.44 bits per heavy atom. The summed E-state index contributed by atoms with van der Waals surface area (Å²) in [5.74, 6) is 0.197. The van der Waals surface area contributed by atoms with Gasteiger partial charge in [0.05, 0.1) is 6.07 Å². The zero-order valence-corrected chi connectivity index (χ0v) is 9.92. The largest absolute Gasteiger partial charge is 0.300 e. The van der Waals surface area contributed by atoms with Crippen LogP contribution < -0.4 is 0 Å². The summed E-state index contributed by atoms with van der Waals surface area (Å²) < 4.78 is 0. The average molecular weight is 221 g/mol. The second kappa shape index (κ2) is 5.79. The fourth-order valence-electron chi connectivity index (χ4n) is 2.24. The first kappa shape index (κ1) is 12.9. The number of ketones is 2. The predicted molar refractivity (Wildman–Crippen MR) is 60.7 cm³/mol. The minimum atomic E-state index is -0.860. The van der Waals surface area contributed by atoms with E-state index in [0.717, 1.165) is 19.3 Å². The molecule has 3 heteroatoms. The van der Waals surface area contributed by atoms with E-state index in [4.69, 9.17) is 0 Å². The maximum Gasteiger partial charge on any atom is 0.153 e. The number of carbonyl (C=O) groups excluding carboxylic acids is 2. The number of hydrogen-bond acceptors (Lipinski definition) is 3. The molecule has 1 saturated carbocycles. The van der Waals surface area contributed by atoms with Crippen LogP contribution in [0.5, 0.6) is 0 Å². The molecule has 1 aliphatic carbocycles. The molecule has 88 valence electrons. The van der Waals surface area contributed by atoms with E-state index in [9.17, 15) is 14.9 Å². The molecule has 1 rings (SSSR count). The van der Waals surface area contributed by atoms with Crippen LogP contribution in [-0.2, 0) is 9.59 Å². The highest BCUT2D eigenvalue weighted by Gasteiger charge is 2.38.